The van der Waals surface area contributed by atoms with Crippen molar-refractivity contribution in [3.63, 3.8) is 0 Å². The topological polar surface area (TPSA) is 101 Å². The predicted octanol–water partition coefficient (Wildman–Crippen LogP) is 4.96. The highest BCUT2D eigenvalue weighted by Gasteiger charge is 2.17. The number of likely N-dealkylation sites (N-methyl/N-ethyl adjacent to an activating group) is 1. The van der Waals surface area contributed by atoms with E-state index in [0.717, 1.165) is 51.4 Å². The summed E-state index contributed by atoms with van der Waals surface area (Å²) in [5.41, 5.74) is 6.34. The standard InChI is InChI=1S/C28H27FN8O/c1-16-31-15-25(37(16)4)18-11-23-26(34-35-28(23)32-14-18)24-13-22-21(5-6-30-27(22)33-24)17-9-19(29)12-20(10-17)38-8-7-36(2)3/h5-6,9-15H,7-8H2,1-4H3,(H,30,33)(H,32,34,35). The van der Waals surface area contributed by atoms with Crippen molar-refractivity contribution < 1.29 is 9.13 Å². The summed E-state index contributed by atoms with van der Waals surface area (Å²) in [4.78, 5) is 18.9. The van der Waals surface area contributed by atoms with Crippen LogP contribution in [0.1, 0.15) is 5.82 Å². The minimum absolute atomic E-state index is 0.356. The van der Waals surface area contributed by atoms with Crippen LogP contribution in [0, 0.1) is 12.7 Å². The van der Waals surface area contributed by atoms with E-state index < -0.39 is 0 Å². The summed E-state index contributed by atoms with van der Waals surface area (Å²) in [6.45, 7) is 3.17. The monoisotopic (exact) mass is 510 g/mol. The van der Waals surface area contributed by atoms with Crippen LogP contribution in [0.3, 0.4) is 0 Å². The molecule has 2 N–H and O–H groups in total. The number of H-pyrrole nitrogens is 2. The summed E-state index contributed by atoms with van der Waals surface area (Å²) < 4.78 is 22.4. The Morgan fingerprint density at radius 1 is 0.974 bits per heavy atom. The third-order valence-electron chi connectivity index (χ3n) is 6.71. The van der Waals surface area contributed by atoms with Crippen LogP contribution in [0.5, 0.6) is 5.75 Å². The first kappa shape index (κ1) is 23.8. The van der Waals surface area contributed by atoms with Gasteiger partial charge in [0.15, 0.2) is 5.65 Å². The number of aryl methyl sites for hydroxylation is 1. The van der Waals surface area contributed by atoms with E-state index in [0.29, 0.717) is 29.2 Å². The van der Waals surface area contributed by atoms with Gasteiger partial charge in [-0.05, 0) is 62.5 Å². The third kappa shape index (κ3) is 4.28. The van der Waals surface area contributed by atoms with Gasteiger partial charge in [0.05, 0.1) is 17.6 Å². The second kappa shape index (κ2) is 9.38. The average Bonchev–Trinajstić information content (AvgIpc) is 3.59. The maximum absolute atomic E-state index is 14.6. The van der Waals surface area contributed by atoms with Crippen molar-refractivity contribution in [3.8, 4) is 39.5 Å². The molecule has 0 unspecified atom stereocenters. The SMILES string of the molecule is Cc1ncc(-c2cnc3[nH]nc(-c4cc5c(-c6cc(F)cc(OCCN(C)C)c6)ccnc5[nH]4)c3c2)n1C. The summed E-state index contributed by atoms with van der Waals surface area (Å²) in [5, 5.41) is 9.30. The largest absolute Gasteiger partial charge is 0.492 e. The van der Waals surface area contributed by atoms with Gasteiger partial charge in [0.2, 0.25) is 0 Å². The maximum Gasteiger partial charge on any atom is 0.155 e. The molecule has 0 saturated heterocycles. The Hall–Kier alpha value is -4.57. The van der Waals surface area contributed by atoms with Gasteiger partial charge in [-0.1, -0.05) is 0 Å². The molecule has 0 radical (unpaired) electrons. The van der Waals surface area contributed by atoms with Crippen LogP contribution in [0.2, 0.25) is 0 Å². The molecule has 192 valence electrons. The zero-order chi connectivity index (χ0) is 26.4. The molecular weight excluding hydrogens is 483 g/mol. The Kier molecular flexibility index (Phi) is 5.88. The molecule has 6 aromatic rings. The van der Waals surface area contributed by atoms with Gasteiger partial charge in [0.25, 0.3) is 0 Å². The number of nitrogens with zero attached hydrogens (tertiary/aromatic N) is 6. The van der Waals surface area contributed by atoms with Crippen LogP contribution in [-0.4, -0.2) is 66.8 Å². The van der Waals surface area contributed by atoms with E-state index in [9.17, 15) is 4.39 Å². The quantitative estimate of drug-likeness (QED) is 0.315. The van der Waals surface area contributed by atoms with E-state index in [1.165, 1.54) is 12.1 Å². The number of hydrogen-bond acceptors (Lipinski definition) is 6. The van der Waals surface area contributed by atoms with Crippen LogP contribution in [0.25, 0.3) is 55.8 Å². The van der Waals surface area contributed by atoms with Crippen molar-refractivity contribution in [2.24, 2.45) is 7.05 Å². The van der Waals surface area contributed by atoms with Crippen molar-refractivity contribution >= 4 is 22.1 Å². The Labute approximate surface area is 218 Å². The van der Waals surface area contributed by atoms with E-state index >= 15 is 0 Å². The second-order valence-electron chi connectivity index (χ2n) is 9.57. The second-order valence-corrected chi connectivity index (χ2v) is 9.57. The molecule has 6 rings (SSSR count). The minimum Gasteiger partial charge on any atom is -0.492 e. The summed E-state index contributed by atoms with van der Waals surface area (Å²) in [6.07, 6.45) is 5.37. The summed E-state index contributed by atoms with van der Waals surface area (Å²) >= 11 is 0. The van der Waals surface area contributed by atoms with Gasteiger partial charge >= 0.3 is 0 Å². The van der Waals surface area contributed by atoms with Crippen molar-refractivity contribution in [2.75, 3.05) is 27.2 Å². The van der Waals surface area contributed by atoms with Crippen molar-refractivity contribution in [1.29, 1.82) is 0 Å². The highest BCUT2D eigenvalue weighted by Crippen LogP contribution is 2.35. The number of ether oxygens (including phenoxy) is 1. The van der Waals surface area contributed by atoms with Crippen LogP contribution in [0.4, 0.5) is 4.39 Å². The number of hydrogen-bond donors (Lipinski definition) is 2. The fraction of sp³-hybridized carbons (Fsp3) is 0.214. The molecule has 10 heteroatoms. The Morgan fingerprint density at radius 2 is 1.84 bits per heavy atom. The zero-order valence-electron chi connectivity index (χ0n) is 21.6. The predicted molar refractivity (Wildman–Crippen MR) is 145 cm³/mol. The number of aromatic amines is 2. The molecule has 0 saturated carbocycles. The van der Waals surface area contributed by atoms with Gasteiger partial charge in [0.1, 0.15) is 35.3 Å². The van der Waals surface area contributed by atoms with E-state index in [2.05, 4.69) is 36.2 Å². The number of rotatable bonds is 7. The number of halogens is 1. The third-order valence-corrected chi connectivity index (χ3v) is 6.71. The maximum atomic E-state index is 14.6. The van der Waals surface area contributed by atoms with Gasteiger partial charge < -0.3 is 19.2 Å². The summed E-state index contributed by atoms with van der Waals surface area (Å²) in [6, 6.07) is 10.7. The van der Waals surface area contributed by atoms with Crippen LogP contribution in [-0.2, 0) is 7.05 Å². The van der Waals surface area contributed by atoms with Gasteiger partial charge in [-0.2, -0.15) is 5.10 Å². The van der Waals surface area contributed by atoms with Crippen molar-refractivity contribution in [3.05, 3.63) is 66.6 Å². The smallest absolute Gasteiger partial charge is 0.155 e. The molecular formula is C28H27FN8O. The van der Waals surface area contributed by atoms with E-state index in [1.54, 1.807) is 6.20 Å². The zero-order valence-corrected chi connectivity index (χ0v) is 21.6. The number of benzene rings is 1. The number of nitrogens with one attached hydrogen (secondary N) is 2. The molecule has 0 aliphatic rings. The Bertz CT molecular complexity index is 1780. The molecule has 0 atom stereocenters. The van der Waals surface area contributed by atoms with Crippen molar-refractivity contribution in [2.45, 2.75) is 6.92 Å². The lowest BCUT2D eigenvalue weighted by Crippen LogP contribution is -2.19. The Morgan fingerprint density at radius 3 is 2.63 bits per heavy atom. The lowest BCUT2D eigenvalue weighted by molar-refractivity contribution is 0.260. The summed E-state index contributed by atoms with van der Waals surface area (Å²) in [5.74, 6) is 1.06. The first-order valence-corrected chi connectivity index (χ1v) is 12.3. The Balaban J connectivity index is 1.41. The van der Waals surface area contributed by atoms with Gasteiger partial charge in [-0.15, -0.1) is 0 Å². The molecule has 5 aromatic heterocycles. The van der Waals surface area contributed by atoms with Gasteiger partial charge in [0, 0.05) is 48.4 Å². The number of fused-ring (bicyclic) bond motifs is 2. The molecule has 0 aliphatic carbocycles. The lowest BCUT2D eigenvalue weighted by atomic mass is 10.0. The molecule has 5 heterocycles. The first-order chi connectivity index (χ1) is 18.4. The van der Waals surface area contributed by atoms with E-state index in [-0.39, 0.29) is 5.82 Å². The lowest BCUT2D eigenvalue weighted by Gasteiger charge is -2.12. The molecule has 9 nitrogen and oxygen atoms in total. The molecule has 0 fully saturated rings. The van der Waals surface area contributed by atoms with Crippen LogP contribution >= 0.6 is 0 Å². The van der Waals surface area contributed by atoms with Crippen LogP contribution in [0.15, 0.2) is 55.0 Å². The summed E-state index contributed by atoms with van der Waals surface area (Å²) in [7, 11) is 5.92. The average molecular weight is 511 g/mol. The number of pyridine rings is 2. The van der Waals surface area contributed by atoms with Gasteiger partial charge in [-0.3, -0.25) is 5.10 Å². The molecule has 0 spiro atoms. The highest BCUT2D eigenvalue weighted by atomic mass is 19.1. The fourth-order valence-electron chi connectivity index (χ4n) is 4.57. The normalized spacial score (nSPS) is 11.7. The fourth-order valence-corrected chi connectivity index (χ4v) is 4.57. The molecule has 38 heavy (non-hydrogen) atoms. The van der Waals surface area contributed by atoms with Crippen molar-refractivity contribution in [1.82, 2.24) is 39.6 Å². The molecule has 0 amide bonds. The van der Waals surface area contributed by atoms with E-state index in [1.807, 2.05) is 68.1 Å². The van der Waals surface area contributed by atoms with Gasteiger partial charge in [-0.25, -0.2) is 19.3 Å². The van der Waals surface area contributed by atoms with Crippen LogP contribution < -0.4 is 4.74 Å². The highest BCUT2D eigenvalue weighted by molar-refractivity contribution is 5.99. The molecule has 0 aliphatic heterocycles. The molecule has 0 bridgehead atoms. The first-order valence-electron chi connectivity index (χ1n) is 12.3. The number of aromatic nitrogens is 7. The number of imidazole rings is 1. The van der Waals surface area contributed by atoms with E-state index in [4.69, 9.17) is 4.74 Å². The molecule has 1 aromatic carbocycles. The minimum atomic E-state index is -0.356.